The maximum absolute atomic E-state index is 5.45. The van der Waals surface area contributed by atoms with Crippen LogP contribution in [0.15, 0.2) is 200 Å². The van der Waals surface area contributed by atoms with E-state index in [-0.39, 0.29) is 0 Å². The molecule has 0 fully saturated rings. The zero-order chi connectivity index (χ0) is 36.3. The Morgan fingerprint density at radius 2 is 0.873 bits per heavy atom. The van der Waals surface area contributed by atoms with Gasteiger partial charge in [-0.05, 0) is 72.4 Å². The van der Waals surface area contributed by atoms with Crippen LogP contribution < -0.4 is 0 Å². The summed E-state index contributed by atoms with van der Waals surface area (Å²) in [4.78, 5) is 16.0. The van der Waals surface area contributed by atoms with Gasteiger partial charge in [0.25, 0.3) is 0 Å². The molecule has 0 bridgehead atoms. The van der Waals surface area contributed by atoms with E-state index in [1.54, 1.807) is 0 Å². The van der Waals surface area contributed by atoms with Gasteiger partial charge in [0, 0.05) is 22.1 Å². The maximum Gasteiger partial charge on any atom is 0.165 e. The lowest BCUT2D eigenvalue weighted by atomic mass is 9.67. The van der Waals surface area contributed by atoms with Crippen molar-refractivity contribution in [1.29, 1.82) is 0 Å². The van der Waals surface area contributed by atoms with Gasteiger partial charge < -0.3 is 0 Å². The normalized spacial score (nSPS) is 12.9. The summed E-state index contributed by atoms with van der Waals surface area (Å²) in [7, 11) is 0. The predicted octanol–water partition coefficient (Wildman–Crippen LogP) is 12.7. The van der Waals surface area contributed by atoms with Gasteiger partial charge in [-0.3, -0.25) is 0 Å². The molecule has 11 rings (SSSR count). The van der Waals surface area contributed by atoms with Gasteiger partial charge in [-0.15, -0.1) is 0 Å². The van der Waals surface area contributed by atoms with E-state index in [2.05, 4.69) is 182 Å². The first-order valence-electron chi connectivity index (χ1n) is 18.8. The van der Waals surface area contributed by atoms with Crippen LogP contribution in [0.4, 0.5) is 0 Å². The number of fused-ring (bicyclic) bond motifs is 7. The van der Waals surface area contributed by atoms with Crippen molar-refractivity contribution in [3.8, 4) is 45.3 Å². The second-order valence-electron chi connectivity index (χ2n) is 14.3. The molecule has 10 aromatic rings. The molecule has 1 aliphatic rings. The van der Waals surface area contributed by atoms with Crippen LogP contribution in [-0.2, 0) is 5.41 Å². The molecule has 55 heavy (non-hydrogen) atoms. The molecule has 0 spiro atoms. The molecule has 1 aliphatic carbocycles. The lowest BCUT2D eigenvalue weighted by molar-refractivity contribution is 0.768. The highest BCUT2D eigenvalue weighted by Gasteiger charge is 2.46. The Morgan fingerprint density at radius 1 is 0.327 bits per heavy atom. The minimum absolute atomic E-state index is 0.534. The number of hydrogen-bond donors (Lipinski definition) is 0. The molecule has 1 aromatic heterocycles. The highest BCUT2D eigenvalue weighted by Crippen LogP contribution is 2.56. The molecule has 0 amide bonds. The second-order valence-corrected chi connectivity index (χ2v) is 14.3. The van der Waals surface area contributed by atoms with Gasteiger partial charge in [-0.1, -0.05) is 188 Å². The molecule has 0 saturated carbocycles. The first kappa shape index (κ1) is 31.3. The predicted molar refractivity (Wildman–Crippen MR) is 226 cm³/mol. The van der Waals surface area contributed by atoms with Crippen molar-refractivity contribution in [1.82, 2.24) is 15.0 Å². The van der Waals surface area contributed by atoms with Crippen LogP contribution >= 0.6 is 0 Å². The van der Waals surface area contributed by atoms with Gasteiger partial charge >= 0.3 is 0 Å². The van der Waals surface area contributed by atoms with Crippen molar-refractivity contribution in [2.24, 2.45) is 0 Å². The van der Waals surface area contributed by atoms with Crippen molar-refractivity contribution < 1.29 is 0 Å². The van der Waals surface area contributed by atoms with E-state index < -0.39 is 5.41 Å². The Kier molecular flexibility index (Phi) is 7.08. The fourth-order valence-corrected chi connectivity index (χ4v) is 8.99. The largest absolute Gasteiger partial charge is 0.208 e. The lowest BCUT2D eigenvalue weighted by Crippen LogP contribution is -2.28. The first-order valence-corrected chi connectivity index (χ1v) is 18.8. The van der Waals surface area contributed by atoms with E-state index in [1.807, 2.05) is 18.2 Å². The molecule has 3 nitrogen and oxygen atoms in total. The minimum atomic E-state index is -0.534. The van der Waals surface area contributed by atoms with Crippen molar-refractivity contribution in [3.05, 3.63) is 222 Å². The average molecular weight is 700 g/mol. The molecule has 0 N–H and O–H groups in total. The summed E-state index contributed by atoms with van der Waals surface area (Å²) in [5.41, 5.74) is 9.76. The van der Waals surface area contributed by atoms with Crippen LogP contribution in [0.3, 0.4) is 0 Å². The molecule has 0 radical (unpaired) electrons. The van der Waals surface area contributed by atoms with Gasteiger partial charge in [0.2, 0.25) is 0 Å². The van der Waals surface area contributed by atoms with E-state index in [9.17, 15) is 0 Å². The molecular weight excluding hydrogens is 667 g/mol. The fraction of sp³-hybridized carbons (Fsp3) is 0.0192. The molecule has 0 saturated heterocycles. The average Bonchev–Trinajstić information content (AvgIpc) is 3.56. The van der Waals surface area contributed by atoms with Crippen LogP contribution in [0.5, 0.6) is 0 Å². The zero-order valence-electron chi connectivity index (χ0n) is 29.9. The zero-order valence-corrected chi connectivity index (χ0v) is 29.9. The standard InChI is InChI=1S/C52H33N3/c1-4-17-35(18-5-1)49-53-50(55-51(54-49)48-42-25-13-11-19-36(42)32-37-29-28-34-16-10-12-24-41(34)47(37)48)38-30-31-44-43-26-14-15-27-45(43)52(46(44)33-38,39-20-6-2-7-21-39)40-22-8-3-9-23-40/h1-33H. The monoisotopic (exact) mass is 699 g/mol. The van der Waals surface area contributed by atoms with Crippen molar-refractivity contribution in [3.63, 3.8) is 0 Å². The Bertz CT molecular complexity index is 3040. The molecular formula is C52H33N3. The van der Waals surface area contributed by atoms with Gasteiger partial charge in [-0.2, -0.15) is 0 Å². The van der Waals surface area contributed by atoms with Gasteiger partial charge in [-0.25, -0.2) is 15.0 Å². The highest BCUT2D eigenvalue weighted by atomic mass is 15.0. The third kappa shape index (κ3) is 4.80. The number of benzene rings is 9. The van der Waals surface area contributed by atoms with Crippen LogP contribution in [0, 0.1) is 0 Å². The van der Waals surface area contributed by atoms with E-state index in [4.69, 9.17) is 15.0 Å². The smallest absolute Gasteiger partial charge is 0.165 e. The van der Waals surface area contributed by atoms with E-state index in [0.29, 0.717) is 17.5 Å². The highest BCUT2D eigenvalue weighted by molar-refractivity contribution is 6.21. The molecule has 0 atom stereocenters. The van der Waals surface area contributed by atoms with Crippen molar-refractivity contribution >= 4 is 32.3 Å². The van der Waals surface area contributed by atoms with Crippen molar-refractivity contribution in [2.75, 3.05) is 0 Å². The number of hydrogen-bond acceptors (Lipinski definition) is 3. The minimum Gasteiger partial charge on any atom is -0.208 e. The van der Waals surface area contributed by atoms with Crippen LogP contribution in [0.25, 0.3) is 77.6 Å². The Labute approximate surface area is 319 Å². The summed E-state index contributed by atoms with van der Waals surface area (Å²) in [5, 5.41) is 6.91. The number of aromatic nitrogens is 3. The fourth-order valence-electron chi connectivity index (χ4n) is 8.99. The van der Waals surface area contributed by atoms with E-state index in [0.717, 1.165) is 38.2 Å². The lowest BCUT2D eigenvalue weighted by Gasteiger charge is -2.34. The summed E-state index contributed by atoms with van der Waals surface area (Å²) in [6.07, 6.45) is 0. The summed E-state index contributed by atoms with van der Waals surface area (Å²) < 4.78 is 0. The topological polar surface area (TPSA) is 38.7 Å². The number of nitrogens with zero attached hydrogens (tertiary/aromatic N) is 3. The molecule has 256 valence electrons. The molecule has 0 unspecified atom stereocenters. The van der Waals surface area contributed by atoms with Crippen molar-refractivity contribution in [2.45, 2.75) is 5.41 Å². The summed E-state index contributed by atoms with van der Waals surface area (Å²) in [5.74, 6) is 1.94. The summed E-state index contributed by atoms with van der Waals surface area (Å²) in [6, 6.07) is 71.6. The second kappa shape index (κ2) is 12.4. The van der Waals surface area contributed by atoms with E-state index >= 15 is 0 Å². The van der Waals surface area contributed by atoms with Gasteiger partial charge in [0.05, 0.1) is 5.41 Å². The van der Waals surface area contributed by atoms with Crippen LogP contribution in [0.1, 0.15) is 22.3 Å². The Morgan fingerprint density at radius 3 is 1.62 bits per heavy atom. The maximum atomic E-state index is 5.45. The molecule has 3 heteroatoms. The van der Waals surface area contributed by atoms with Gasteiger partial charge in [0.1, 0.15) is 0 Å². The van der Waals surface area contributed by atoms with Crippen LogP contribution in [-0.4, -0.2) is 15.0 Å². The summed E-state index contributed by atoms with van der Waals surface area (Å²) >= 11 is 0. The first-order chi connectivity index (χ1) is 27.3. The third-order valence-electron chi connectivity index (χ3n) is 11.4. The molecule has 9 aromatic carbocycles. The van der Waals surface area contributed by atoms with Crippen LogP contribution in [0.2, 0.25) is 0 Å². The molecule has 0 aliphatic heterocycles. The SMILES string of the molecule is c1ccc(-c2nc(-c3ccc4c(c3)C(c3ccccc3)(c3ccccc3)c3ccccc3-4)nc(-c3c4ccccc4cc4ccc5ccccc5c34)n2)cc1. The third-order valence-corrected chi connectivity index (χ3v) is 11.4. The molecule has 1 heterocycles. The Balaban J connectivity index is 1.23. The summed E-state index contributed by atoms with van der Waals surface area (Å²) in [6.45, 7) is 0. The number of rotatable bonds is 5. The van der Waals surface area contributed by atoms with Gasteiger partial charge in [0.15, 0.2) is 17.5 Å². The quantitative estimate of drug-likeness (QED) is 0.133. The Hall–Kier alpha value is -7.23. The van der Waals surface area contributed by atoms with E-state index in [1.165, 1.54) is 44.2 Å².